The van der Waals surface area contributed by atoms with Crippen molar-refractivity contribution >= 4 is 28.5 Å². The smallest absolute Gasteiger partial charge is 0.239 e. The number of aliphatic hydroxyl groups is 1. The lowest BCUT2D eigenvalue weighted by Gasteiger charge is -2.41. The molecule has 33 heavy (non-hydrogen) atoms. The predicted octanol–water partition coefficient (Wildman–Crippen LogP) is 1.36. The van der Waals surface area contributed by atoms with E-state index >= 15 is 0 Å². The molecule has 4 N–H and O–H groups in total. The molecule has 0 radical (unpaired) electrons. The number of hydrogen-bond donors (Lipinski definition) is 3. The van der Waals surface area contributed by atoms with Crippen LogP contribution in [0.25, 0.3) is 11.0 Å². The average Bonchev–Trinajstić information content (AvgIpc) is 2.78. The Morgan fingerprint density at radius 3 is 2.70 bits per heavy atom. The molecule has 2 aromatic rings. The largest absolute Gasteiger partial charge is 0.388 e. The predicted molar refractivity (Wildman–Crippen MR) is 129 cm³/mol. The number of piperidine rings is 1. The lowest BCUT2D eigenvalue weighted by atomic mass is 9.90. The van der Waals surface area contributed by atoms with E-state index in [9.17, 15) is 14.7 Å². The maximum Gasteiger partial charge on any atom is 0.239 e. The summed E-state index contributed by atoms with van der Waals surface area (Å²) in [5.74, 6) is -0.219. The topological polar surface area (TPSA) is 125 Å². The number of amides is 2. The molecule has 3 rings (SSSR count). The van der Waals surface area contributed by atoms with E-state index < -0.39 is 11.6 Å². The first-order chi connectivity index (χ1) is 15.7. The third kappa shape index (κ3) is 6.61. The SMILES string of the molecule is CC(=O)NCCCC[C@H](N)C(=O)N(C)CC1(O)CCN(c2ccnc3ccc(C)nc23)CC1. The monoisotopic (exact) mass is 456 g/mol. The lowest BCUT2D eigenvalue weighted by Crippen LogP contribution is -2.53. The highest BCUT2D eigenvalue weighted by molar-refractivity contribution is 5.88. The van der Waals surface area contributed by atoms with Crippen LogP contribution in [0, 0.1) is 6.92 Å². The molecular formula is C24H36N6O3. The van der Waals surface area contributed by atoms with E-state index in [1.165, 1.54) is 6.92 Å². The van der Waals surface area contributed by atoms with Crippen LogP contribution in [-0.2, 0) is 9.59 Å². The maximum absolute atomic E-state index is 12.7. The third-order valence-electron chi connectivity index (χ3n) is 6.28. The summed E-state index contributed by atoms with van der Waals surface area (Å²) in [6.07, 6.45) is 4.98. The van der Waals surface area contributed by atoms with Crippen LogP contribution in [0.5, 0.6) is 0 Å². The Morgan fingerprint density at radius 2 is 2.00 bits per heavy atom. The van der Waals surface area contributed by atoms with E-state index in [0.29, 0.717) is 38.9 Å². The number of hydrogen-bond acceptors (Lipinski definition) is 7. The van der Waals surface area contributed by atoms with Gasteiger partial charge in [-0.2, -0.15) is 0 Å². The molecule has 1 fully saturated rings. The van der Waals surface area contributed by atoms with Gasteiger partial charge >= 0.3 is 0 Å². The molecule has 9 heteroatoms. The molecule has 0 unspecified atom stereocenters. The van der Waals surface area contributed by atoms with Gasteiger partial charge in [0.1, 0.15) is 5.52 Å². The molecule has 3 heterocycles. The van der Waals surface area contributed by atoms with Crippen molar-refractivity contribution in [3.8, 4) is 0 Å². The zero-order chi connectivity index (χ0) is 24.0. The molecule has 9 nitrogen and oxygen atoms in total. The van der Waals surface area contributed by atoms with Gasteiger partial charge in [0.05, 0.1) is 22.8 Å². The number of carbonyl (C=O) groups excluding carboxylic acids is 2. The Kier molecular flexibility index (Phi) is 8.20. The van der Waals surface area contributed by atoms with Crippen molar-refractivity contribution in [1.82, 2.24) is 20.2 Å². The van der Waals surface area contributed by atoms with E-state index in [1.807, 2.05) is 25.1 Å². The first kappa shape index (κ1) is 24.9. The molecule has 0 aliphatic carbocycles. The zero-order valence-electron chi connectivity index (χ0n) is 19.9. The molecule has 1 aliphatic heterocycles. The van der Waals surface area contributed by atoms with Crippen LogP contribution >= 0.6 is 0 Å². The van der Waals surface area contributed by atoms with Crippen LogP contribution in [0.3, 0.4) is 0 Å². The molecular weight excluding hydrogens is 420 g/mol. The minimum Gasteiger partial charge on any atom is -0.388 e. The molecule has 2 aromatic heterocycles. The van der Waals surface area contributed by atoms with Gasteiger partial charge < -0.3 is 26.0 Å². The summed E-state index contributed by atoms with van der Waals surface area (Å²) in [7, 11) is 1.70. The number of aryl methyl sites for hydroxylation is 1. The highest BCUT2D eigenvalue weighted by Crippen LogP contribution is 2.30. The number of nitrogens with two attached hydrogens (primary N) is 1. The highest BCUT2D eigenvalue weighted by atomic mass is 16.3. The van der Waals surface area contributed by atoms with Crippen molar-refractivity contribution in [2.45, 2.75) is 57.6 Å². The highest BCUT2D eigenvalue weighted by Gasteiger charge is 2.35. The fourth-order valence-electron chi connectivity index (χ4n) is 4.37. The maximum atomic E-state index is 12.7. The third-order valence-corrected chi connectivity index (χ3v) is 6.28. The van der Waals surface area contributed by atoms with Crippen LogP contribution in [0.2, 0.25) is 0 Å². The average molecular weight is 457 g/mol. The van der Waals surface area contributed by atoms with Gasteiger partial charge in [-0.15, -0.1) is 0 Å². The number of pyridine rings is 2. The van der Waals surface area contributed by atoms with Gasteiger partial charge in [-0.3, -0.25) is 14.6 Å². The van der Waals surface area contributed by atoms with Gasteiger partial charge in [0.15, 0.2) is 0 Å². The number of aromatic nitrogens is 2. The second kappa shape index (κ2) is 10.9. The van der Waals surface area contributed by atoms with Crippen LogP contribution in [-0.4, -0.2) is 76.7 Å². The summed E-state index contributed by atoms with van der Waals surface area (Å²) in [5.41, 5.74) is 8.84. The molecule has 0 spiro atoms. The summed E-state index contributed by atoms with van der Waals surface area (Å²) in [6.45, 7) is 5.63. The molecule has 180 valence electrons. The van der Waals surface area contributed by atoms with Crippen molar-refractivity contribution in [2.24, 2.45) is 5.73 Å². The van der Waals surface area contributed by atoms with Crippen molar-refractivity contribution < 1.29 is 14.7 Å². The number of fused-ring (bicyclic) bond motifs is 1. The van der Waals surface area contributed by atoms with Crippen molar-refractivity contribution in [1.29, 1.82) is 0 Å². The Bertz CT molecular complexity index is 974. The van der Waals surface area contributed by atoms with Crippen LogP contribution < -0.4 is 16.0 Å². The fraction of sp³-hybridized carbons (Fsp3) is 0.583. The van der Waals surface area contributed by atoms with Gasteiger partial charge in [-0.05, 0) is 57.2 Å². The normalized spacial score (nSPS) is 16.5. The van der Waals surface area contributed by atoms with E-state index in [1.54, 1.807) is 18.1 Å². The van der Waals surface area contributed by atoms with E-state index in [2.05, 4.69) is 20.2 Å². The molecule has 0 saturated carbocycles. The molecule has 1 atom stereocenters. The van der Waals surface area contributed by atoms with E-state index in [4.69, 9.17) is 5.73 Å². The first-order valence-corrected chi connectivity index (χ1v) is 11.6. The summed E-state index contributed by atoms with van der Waals surface area (Å²) < 4.78 is 0. The Hall–Kier alpha value is -2.78. The quantitative estimate of drug-likeness (QED) is 0.487. The second-order valence-electron chi connectivity index (χ2n) is 9.14. The summed E-state index contributed by atoms with van der Waals surface area (Å²) in [6, 6.07) is 5.30. The minimum atomic E-state index is -0.946. The molecule has 0 aromatic carbocycles. The number of anilines is 1. The minimum absolute atomic E-state index is 0.0575. The van der Waals surface area contributed by atoms with Crippen LogP contribution in [0.4, 0.5) is 5.69 Å². The zero-order valence-corrected chi connectivity index (χ0v) is 19.9. The first-order valence-electron chi connectivity index (χ1n) is 11.6. The Labute approximate surface area is 195 Å². The molecule has 0 bridgehead atoms. The Balaban J connectivity index is 1.51. The molecule has 2 amide bonds. The number of nitrogens with zero attached hydrogens (tertiary/aromatic N) is 4. The fourth-order valence-corrected chi connectivity index (χ4v) is 4.37. The van der Waals surface area contributed by atoms with Gasteiger partial charge in [-0.1, -0.05) is 0 Å². The van der Waals surface area contributed by atoms with Gasteiger partial charge in [-0.25, -0.2) is 4.98 Å². The van der Waals surface area contributed by atoms with E-state index in [-0.39, 0.29) is 18.4 Å². The van der Waals surface area contributed by atoms with Crippen LogP contribution in [0.15, 0.2) is 24.4 Å². The summed E-state index contributed by atoms with van der Waals surface area (Å²) in [4.78, 5) is 36.5. The number of carbonyl (C=O) groups is 2. The van der Waals surface area contributed by atoms with Gasteiger partial charge in [0, 0.05) is 52.0 Å². The number of unbranched alkanes of at least 4 members (excludes halogenated alkanes) is 1. The van der Waals surface area contributed by atoms with Crippen molar-refractivity contribution in [2.75, 3.05) is 38.1 Å². The lowest BCUT2D eigenvalue weighted by molar-refractivity contribution is -0.135. The number of nitrogens with one attached hydrogen (secondary N) is 1. The second-order valence-corrected chi connectivity index (χ2v) is 9.14. The van der Waals surface area contributed by atoms with Crippen molar-refractivity contribution in [3.63, 3.8) is 0 Å². The summed E-state index contributed by atoms with van der Waals surface area (Å²) >= 11 is 0. The number of rotatable bonds is 9. The molecule has 1 saturated heterocycles. The van der Waals surface area contributed by atoms with Crippen LogP contribution in [0.1, 0.15) is 44.7 Å². The van der Waals surface area contributed by atoms with Crippen molar-refractivity contribution in [3.05, 3.63) is 30.1 Å². The Morgan fingerprint density at radius 1 is 1.27 bits per heavy atom. The number of likely N-dealkylation sites (N-methyl/N-ethyl adjacent to an activating group) is 1. The molecule has 1 aliphatic rings. The summed E-state index contributed by atoms with van der Waals surface area (Å²) in [5, 5.41) is 13.9. The van der Waals surface area contributed by atoms with E-state index in [0.717, 1.165) is 35.3 Å². The standard InChI is InChI=1S/C24H36N6O3/c1-17-7-8-20-22(28-17)21(9-13-27-20)30-14-10-24(33,11-15-30)16-29(3)23(32)19(25)6-4-5-12-26-18(2)31/h7-9,13,19,33H,4-6,10-12,14-16,25H2,1-3H3,(H,26,31)/t19-/m0/s1. The van der Waals surface area contributed by atoms with Gasteiger partial charge in [0.25, 0.3) is 0 Å². The van der Waals surface area contributed by atoms with Gasteiger partial charge in [0.2, 0.25) is 11.8 Å².